The first-order chi connectivity index (χ1) is 17.5. The number of para-hydroxylation sites is 2. The van der Waals surface area contributed by atoms with Gasteiger partial charge >= 0.3 is 17.1 Å². The third-order valence-corrected chi connectivity index (χ3v) is 5.24. The van der Waals surface area contributed by atoms with Gasteiger partial charge < -0.3 is 35.5 Å². The normalized spacial score (nSPS) is 11.6. The molecule has 0 unspecified atom stereocenters. The Hall–Kier alpha value is -3.88. The van der Waals surface area contributed by atoms with Crippen LogP contribution in [0.5, 0.6) is 11.5 Å². The molecule has 37 heavy (non-hydrogen) atoms. The van der Waals surface area contributed by atoms with Crippen molar-refractivity contribution in [3.63, 3.8) is 0 Å². The number of phenolic OH excluding ortho intramolecular Hbond substituents is 2. The predicted molar refractivity (Wildman–Crippen MR) is 152 cm³/mol. The summed E-state index contributed by atoms with van der Waals surface area (Å²) in [6.45, 7) is 0. The minimum atomic E-state index is 0. The molecule has 2 N–H and O–H groups in total. The van der Waals surface area contributed by atoms with Crippen LogP contribution in [0.15, 0.2) is 130 Å². The second-order valence-electron chi connectivity index (χ2n) is 7.15. The van der Waals surface area contributed by atoms with Gasteiger partial charge in [-0.15, -0.1) is 0 Å². The second-order valence-corrected chi connectivity index (χ2v) is 7.92. The van der Waals surface area contributed by atoms with E-state index in [0.717, 1.165) is 11.1 Å². The third kappa shape index (κ3) is 9.95. The fourth-order valence-corrected chi connectivity index (χ4v) is 3.12. The Morgan fingerprint density at radius 3 is 1.19 bits per heavy atom. The van der Waals surface area contributed by atoms with E-state index < -0.39 is 0 Å². The molecular weight excluding hydrogens is 552 g/mol. The van der Waals surface area contributed by atoms with Crippen molar-refractivity contribution in [1.29, 1.82) is 0 Å². The van der Waals surface area contributed by atoms with Gasteiger partial charge in [-0.2, -0.15) is 20.4 Å². The molecule has 4 aromatic carbocycles. The van der Waals surface area contributed by atoms with Crippen molar-refractivity contribution in [3.8, 4) is 11.5 Å². The van der Waals surface area contributed by atoms with Crippen LogP contribution in [0.25, 0.3) is 0 Å². The quantitative estimate of drug-likeness (QED) is 0.106. The average Bonchev–Trinajstić information content (AvgIpc) is 2.92. The number of hydrogen-bond donors (Lipinski definition) is 2. The smallest absolute Gasteiger partial charge is 0.758 e. The van der Waals surface area contributed by atoms with Gasteiger partial charge in [0.25, 0.3) is 0 Å². The van der Waals surface area contributed by atoms with Gasteiger partial charge in [-0.25, -0.2) is 0 Å². The first kappa shape index (κ1) is 29.4. The van der Waals surface area contributed by atoms with E-state index in [1.54, 1.807) is 36.4 Å². The summed E-state index contributed by atoms with van der Waals surface area (Å²) in [7, 11) is 0. The van der Waals surface area contributed by atoms with E-state index >= 15 is 0 Å². The summed E-state index contributed by atoms with van der Waals surface area (Å²) >= 11 is 10.3. The standard InChI is InChI=1S/2C14H12N2OS.Cu/c2*17-13-9-5-4-8-12(13)10-15-16-14(18)11-6-2-1-3-7-11;/h2*1-10,17H,(H,16,18);/q;;+2/p-2/b2*15-10-;. The molecule has 189 valence electrons. The molecule has 0 aromatic heterocycles. The first-order valence-electron chi connectivity index (χ1n) is 10.8. The largest absolute Gasteiger partial charge is 2.00 e. The molecule has 0 aliphatic heterocycles. The molecule has 0 spiro atoms. The minimum absolute atomic E-state index is 0. The number of rotatable bonds is 6. The van der Waals surface area contributed by atoms with E-state index in [4.69, 9.17) is 25.3 Å². The fraction of sp³-hybridized carbons (Fsp3) is 0. The van der Waals surface area contributed by atoms with E-state index in [0.29, 0.717) is 21.2 Å². The van der Waals surface area contributed by atoms with Crippen molar-refractivity contribution in [2.24, 2.45) is 20.4 Å². The molecule has 0 fully saturated rings. The maximum absolute atomic E-state index is 9.53. The third-order valence-electron chi connectivity index (χ3n) is 4.61. The molecular formula is C28H22CuN4O2S2. The molecule has 1 radical (unpaired) electrons. The molecule has 6 nitrogen and oxygen atoms in total. The van der Waals surface area contributed by atoms with Crippen LogP contribution in [0.1, 0.15) is 22.3 Å². The van der Waals surface area contributed by atoms with Crippen LogP contribution in [0.3, 0.4) is 0 Å². The van der Waals surface area contributed by atoms with E-state index in [1.807, 2.05) is 72.8 Å². The Morgan fingerprint density at radius 1 is 0.514 bits per heavy atom. The number of nitrogens with zero attached hydrogens (tertiary/aromatic N) is 4. The van der Waals surface area contributed by atoms with Gasteiger partial charge in [0.15, 0.2) is 0 Å². The predicted octanol–water partition coefficient (Wildman–Crippen LogP) is 5.44. The van der Waals surface area contributed by atoms with Crippen molar-refractivity contribution in [2.75, 3.05) is 0 Å². The van der Waals surface area contributed by atoms with E-state index in [9.17, 15) is 10.2 Å². The molecule has 0 aliphatic rings. The molecule has 0 saturated carbocycles. The SMILES string of the molecule is Oc1ccccc1/C=N\N=C(/[S-])c1ccccc1.Oc1ccccc1/C=N\N=C(/[S-])c1ccccc1.[Cu+2]. The summed E-state index contributed by atoms with van der Waals surface area (Å²) in [6, 6.07) is 32.7. The summed E-state index contributed by atoms with van der Waals surface area (Å²) in [5, 5.41) is 35.5. The molecule has 0 bridgehead atoms. The van der Waals surface area contributed by atoms with Crippen LogP contribution >= 0.6 is 0 Å². The van der Waals surface area contributed by atoms with Crippen LogP contribution < -0.4 is 0 Å². The summed E-state index contributed by atoms with van der Waals surface area (Å²) in [4.78, 5) is 0. The van der Waals surface area contributed by atoms with Gasteiger partial charge in [0.2, 0.25) is 0 Å². The van der Waals surface area contributed by atoms with Crippen LogP contribution in [0.4, 0.5) is 0 Å². The zero-order chi connectivity index (χ0) is 25.6. The zero-order valence-corrected chi connectivity index (χ0v) is 21.9. The summed E-state index contributed by atoms with van der Waals surface area (Å²) < 4.78 is 0. The van der Waals surface area contributed by atoms with Crippen molar-refractivity contribution in [3.05, 3.63) is 131 Å². The van der Waals surface area contributed by atoms with Gasteiger partial charge in [0.05, 0.1) is 12.4 Å². The maximum atomic E-state index is 9.53. The van der Waals surface area contributed by atoms with Gasteiger partial charge in [-0.05, 0) is 35.4 Å². The van der Waals surface area contributed by atoms with Crippen molar-refractivity contribution < 1.29 is 27.3 Å². The summed E-state index contributed by atoms with van der Waals surface area (Å²) in [6.07, 6.45) is 2.95. The maximum Gasteiger partial charge on any atom is 2.00 e. The van der Waals surface area contributed by atoms with Gasteiger partial charge in [0, 0.05) is 11.1 Å². The van der Waals surface area contributed by atoms with Crippen LogP contribution in [-0.4, -0.2) is 32.7 Å². The van der Waals surface area contributed by atoms with Crippen molar-refractivity contribution in [1.82, 2.24) is 0 Å². The molecule has 0 saturated heterocycles. The van der Waals surface area contributed by atoms with Gasteiger partial charge in [-0.1, -0.05) is 95.0 Å². The minimum Gasteiger partial charge on any atom is -0.758 e. The van der Waals surface area contributed by atoms with Crippen LogP contribution in [0.2, 0.25) is 0 Å². The number of aromatic hydroxyl groups is 2. The molecule has 0 amide bonds. The van der Waals surface area contributed by atoms with Crippen molar-refractivity contribution in [2.45, 2.75) is 0 Å². The van der Waals surface area contributed by atoms with E-state index in [1.165, 1.54) is 12.4 Å². The van der Waals surface area contributed by atoms with Crippen LogP contribution in [0, 0.1) is 0 Å². The number of hydrogen-bond acceptors (Lipinski definition) is 8. The molecule has 0 heterocycles. The molecule has 4 aromatic rings. The van der Waals surface area contributed by atoms with E-state index in [2.05, 4.69) is 20.4 Å². The topological polar surface area (TPSA) is 89.9 Å². The molecule has 9 heteroatoms. The fourth-order valence-electron chi connectivity index (χ4n) is 2.76. The van der Waals surface area contributed by atoms with Crippen molar-refractivity contribution >= 4 is 47.8 Å². The van der Waals surface area contributed by atoms with Gasteiger partial charge in [-0.3, -0.25) is 0 Å². The monoisotopic (exact) mass is 573 g/mol. The molecule has 0 atom stereocenters. The molecule has 0 aliphatic carbocycles. The Kier molecular flexibility index (Phi) is 12.7. The summed E-state index contributed by atoms with van der Waals surface area (Å²) in [5.74, 6) is 0.337. The Bertz CT molecular complexity index is 1270. The van der Waals surface area contributed by atoms with E-state index in [-0.39, 0.29) is 28.6 Å². The zero-order valence-electron chi connectivity index (χ0n) is 19.3. The second kappa shape index (κ2) is 16.0. The number of benzene rings is 4. The molecule has 4 rings (SSSR count). The average molecular weight is 574 g/mol. The van der Waals surface area contributed by atoms with Crippen LogP contribution in [-0.2, 0) is 42.3 Å². The Balaban J connectivity index is 0.000000253. The Labute approximate surface area is 237 Å². The Morgan fingerprint density at radius 2 is 0.838 bits per heavy atom. The summed E-state index contributed by atoms with van der Waals surface area (Å²) in [5.41, 5.74) is 2.91. The first-order valence-corrected chi connectivity index (χ1v) is 11.6. The number of phenols is 2. The van der Waals surface area contributed by atoms with Gasteiger partial charge in [0.1, 0.15) is 11.5 Å².